The SMILES string of the molecule is CC(Oc1ccccc1Cl)C(=O)Nc1ccc(S(=O)(=O)NC2CCCCC2)cc1. The minimum absolute atomic E-state index is 0.00376. The Morgan fingerprint density at radius 1 is 1.07 bits per heavy atom. The number of hydrogen-bond acceptors (Lipinski definition) is 4. The first kappa shape index (κ1) is 21.6. The predicted molar refractivity (Wildman–Crippen MR) is 114 cm³/mol. The van der Waals surface area contributed by atoms with Gasteiger partial charge in [0, 0.05) is 11.7 Å². The average molecular weight is 437 g/mol. The summed E-state index contributed by atoms with van der Waals surface area (Å²) in [5.74, 6) is 0.0629. The molecule has 1 saturated carbocycles. The van der Waals surface area contributed by atoms with Crippen LogP contribution in [-0.2, 0) is 14.8 Å². The molecule has 3 rings (SSSR count). The minimum Gasteiger partial charge on any atom is -0.479 e. The molecule has 156 valence electrons. The number of para-hydroxylation sites is 1. The lowest BCUT2D eigenvalue weighted by Crippen LogP contribution is -2.36. The topological polar surface area (TPSA) is 84.5 Å². The lowest BCUT2D eigenvalue weighted by molar-refractivity contribution is -0.122. The van der Waals surface area contributed by atoms with Crippen LogP contribution in [0, 0.1) is 0 Å². The molecule has 0 aliphatic heterocycles. The Morgan fingerprint density at radius 2 is 1.72 bits per heavy atom. The van der Waals surface area contributed by atoms with E-state index in [-0.39, 0.29) is 16.8 Å². The molecule has 0 heterocycles. The van der Waals surface area contributed by atoms with Crippen molar-refractivity contribution in [2.24, 2.45) is 0 Å². The predicted octanol–water partition coefficient (Wildman–Crippen LogP) is 4.36. The number of amides is 1. The van der Waals surface area contributed by atoms with E-state index >= 15 is 0 Å². The number of carbonyl (C=O) groups is 1. The van der Waals surface area contributed by atoms with Crippen molar-refractivity contribution in [2.75, 3.05) is 5.32 Å². The Hall–Kier alpha value is -2.09. The van der Waals surface area contributed by atoms with Crippen molar-refractivity contribution in [3.63, 3.8) is 0 Å². The summed E-state index contributed by atoms with van der Waals surface area (Å²) >= 11 is 6.04. The standard InChI is InChI=1S/C21H25ClN2O4S/c1-15(28-20-10-6-5-9-19(20)22)21(25)23-16-11-13-18(14-12-16)29(26,27)24-17-7-3-2-4-8-17/h5-6,9-15,17,24H,2-4,7-8H2,1H3,(H,23,25). The van der Waals surface area contributed by atoms with Crippen LogP contribution in [0.2, 0.25) is 5.02 Å². The Morgan fingerprint density at radius 3 is 2.38 bits per heavy atom. The van der Waals surface area contributed by atoms with E-state index in [0.717, 1.165) is 32.1 Å². The summed E-state index contributed by atoms with van der Waals surface area (Å²) in [4.78, 5) is 12.5. The zero-order valence-corrected chi connectivity index (χ0v) is 17.8. The van der Waals surface area contributed by atoms with Crippen molar-refractivity contribution in [3.8, 4) is 5.75 Å². The first-order valence-electron chi connectivity index (χ1n) is 9.69. The molecule has 1 fully saturated rings. The minimum atomic E-state index is -3.57. The monoisotopic (exact) mass is 436 g/mol. The highest BCUT2D eigenvalue weighted by Gasteiger charge is 2.22. The molecule has 6 nitrogen and oxygen atoms in total. The lowest BCUT2D eigenvalue weighted by atomic mass is 9.96. The van der Waals surface area contributed by atoms with Crippen LogP contribution < -0.4 is 14.8 Å². The zero-order valence-electron chi connectivity index (χ0n) is 16.2. The number of ether oxygens (including phenoxy) is 1. The number of hydrogen-bond donors (Lipinski definition) is 2. The summed E-state index contributed by atoms with van der Waals surface area (Å²) in [7, 11) is -3.57. The number of carbonyl (C=O) groups excluding carboxylic acids is 1. The Labute approximate surface area is 176 Å². The fourth-order valence-electron chi connectivity index (χ4n) is 3.25. The van der Waals surface area contributed by atoms with E-state index < -0.39 is 16.1 Å². The van der Waals surface area contributed by atoms with Gasteiger partial charge in [0.25, 0.3) is 5.91 Å². The third-order valence-electron chi connectivity index (χ3n) is 4.87. The highest BCUT2D eigenvalue weighted by atomic mass is 35.5. The molecule has 1 atom stereocenters. The van der Waals surface area contributed by atoms with Crippen molar-refractivity contribution >= 4 is 33.2 Å². The molecule has 2 aromatic rings. The molecule has 0 spiro atoms. The molecule has 2 aromatic carbocycles. The molecule has 1 amide bonds. The van der Waals surface area contributed by atoms with Gasteiger partial charge in [0.1, 0.15) is 5.75 Å². The Bertz CT molecular complexity index is 941. The van der Waals surface area contributed by atoms with Gasteiger partial charge >= 0.3 is 0 Å². The quantitative estimate of drug-likeness (QED) is 0.675. The van der Waals surface area contributed by atoms with E-state index in [2.05, 4.69) is 10.0 Å². The summed E-state index contributed by atoms with van der Waals surface area (Å²) in [5.41, 5.74) is 0.487. The third-order valence-corrected chi connectivity index (χ3v) is 6.72. The molecule has 1 aliphatic rings. The molecule has 0 bridgehead atoms. The van der Waals surface area contributed by atoms with Gasteiger partial charge in [-0.3, -0.25) is 4.79 Å². The van der Waals surface area contributed by atoms with E-state index in [1.165, 1.54) is 12.1 Å². The summed E-state index contributed by atoms with van der Waals surface area (Å²) in [5, 5.41) is 3.14. The molecule has 1 aliphatic carbocycles. The normalized spacial score (nSPS) is 16.2. The maximum atomic E-state index is 12.5. The average Bonchev–Trinajstić information content (AvgIpc) is 2.70. The van der Waals surface area contributed by atoms with Crippen LogP contribution in [0.3, 0.4) is 0 Å². The molecule has 2 N–H and O–H groups in total. The maximum Gasteiger partial charge on any atom is 0.265 e. The maximum absolute atomic E-state index is 12.5. The number of halogens is 1. The first-order valence-corrected chi connectivity index (χ1v) is 11.6. The smallest absolute Gasteiger partial charge is 0.265 e. The molecule has 0 saturated heterocycles. The van der Waals surface area contributed by atoms with E-state index in [4.69, 9.17) is 16.3 Å². The van der Waals surface area contributed by atoms with Gasteiger partial charge in [0.2, 0.25) is 10.0 Å². The number of sulfonamides is 1. The second kappa shape index (κ2) is 9.61. The summed E-state index contributed by atoms with van der Waals surface area (Å²) in [6.07, 6.45) is 4.23. The van der Waals surface area contributed by atoms with Crippen molar-refractivity contribution < 1.29 is 17.9 Å². The van der Waals surface area contributed by atoms with Crippen LogP contribution in [0.4, 0.5) is 5.69 Å². The zero-order chi connectivity index (χ0) is 20.9. The molecule has 0 radical (unpaired) electrons. The highest BCUT2D eigenvalue weighted by molar-refractivity contribution is 7.89. The number of nitrogens with one attached hydrogen (secondary N) is 2. The van der Waals surface area contributed by atoms with Crippen molar-refractivity contribution in [3.05, 3.63) is 53.6 Å². The second-order valence-corrected chi connectivity index (χ2v) is 9.28. The highest BCUT2D eigenvalue weighted by Crippen LogP contribution is 2.25. The van der Waals surface area contributed by atoms with Gasteiger partial charge in [-0.05, 0) is 56.2 Å². The Balaban J connectivity index is 1.59. The van der Waals surface area contributed by atoms with Crippen LogP contribution in [0.15, 0.2) is 53.4 Å². The van der Waals surface area contributed by atoms with Crippen LogP contribution in [0.1, 0.15) is 39.0 Å². The van der Waals surface area contributed by atoms with Crippen LogP contribution in [0.5, 0.6) is 5.75 Å². The molecular formula is C21H25ClN2O4S. The molecule has 1 unspecified atom stereocenters. The fraction of sp³-hybridized carbons (Fsp3) is 0.381. The fourth-order valence-corrected chi connectivity index (χ4v) is 4.74. The van der Waals surface area contributed by atoms with Gasteiger partial charge in [-0.1, -0.05) is 43.0 Å². The number of rotatable bonds is 7. The second-order valence-electron chi connectivity index (χ2n) is 7.16. The first-order chi connectivity index (χ1) is 13.8. The molecule has 8 heteroatoms. The van der Waals surface area contributed by atoms with Gasteiger partial charge in [-0.25, -0.2) is 13.1 Å². The van der Waals surface area contributed by atoms with E-state index in [1.807, 2.05) is 0 Å². The van der Waals surface area contributed by atoms with Crippen molar-refractivity contribution in [1.29, 1.82) is 0 Å². The van der Waals surface area contributed by atoms with Crippen LogP contribution in [-0.4, -0.2) is 26.5 Å². The summed E-state index contributed by atoms with van der Waals surface area (Å²) < 4.78 is 33.5. The third kappa shape index (κ3) is 5.95. The van der Waals surface area contributed by atoms with Gasteiger partial charge in [0.15, 0.2) is 6.10 Å². The van der Waals surface area contributed by atoms with Crippen LogP contribution >= 0.6 is 11.6 Å². The van der Waals surface area contributed by atoms with Crippen molar-refractivity contribution in [2.45, 2.75) is 56.1 Å². The summed E-state index contributed by atoms with van der Waals surface area (Å²) in [6, 6.07) is 13.0. The number of benzene rings is 2. The largest absolute Gasteiger partial charge is 0.479 e. The molecule has 29 heavy (non-hydrogen) atoms. The Kier molecular flexibility index (Phi) is 7.16. The van der Waals surface area contributed by atoms with Gasteiger partial charge in [-0.2, -0.15) is 0 Å². The van der Waals surface area contributed by atoms with Gasteiger partial charge in [0.05, 0.1) is 9.92 Å². The summed E-state index contributed by atoms with van der Waals surface area (Å²) in [6.45, 7) is 1.62. The lowest BCUT2D eigenvalue weighted by Gasteiger charge is -2.22. The van der Waals surface area contributed by atoms with E-state index in [1.54, 1.807) is 43.3 Å². The van der Waals surface area contributed by atoms with E-state index in [0.29, 0.717) is 16.5 Å². The molecule has 0 aromatic heterocycles. The number of anilines is 1. The van der Waals surface area contributed by atoms with Crippen LogP contribution in [0.25, 0.3) is 0 Å². The molecular weight excluding hydrogens is 412 g/mol. The van der Waals surface area contributed by atoms with E-state index in [9.17, 15) is 13.2 Å². The van der Waals surface area contributed by atoms with Gasteiger partial charge in [-0.15, -0.1) is 0 Å². The van der Waals surface area contributed by atoms with Gasteiger partial charge < -0.3 is 10.1 Å². The van der Waals surface area contributed by atoms with Crippen molar-refractivity contribution in [1.82, 2.24) is 4.72 Å².